The molecule has 0 aliphatic heterocycles. The normalized spacial score (nSPS) is 11.4. The summed E-state index contributed by atoms with van der Waals surface area (Å²) < 4.78 is 0. The van der Waals surface area contributed by atoms with Crippen molar-refractivity contribution < 1.29 is 4.79 Å². The Morgan fingerprint density at radius 1 is 0.743 bits per heavy atom. The van der Waals surface area contributed by atoms with Gasteiger partial charge in [-0.05, 0) is 79.7 Å². The molecule has 4 rings (SSSR count). The second kappa shape index (κ2) is 11.7. The van der Waals surface area contributed by atoms with E-state index in [0.29, 0.717) is 5.11 Å². The van der Waals surface area contributed by atoms with E-state index in [4.69, 9.17) is 12.2 Å². The Balaban J connectivity index is 1.46. The van der Waals surface area contributed by atoms with Crippen LogP contribution < -0.4 is 16.0 Å². The molecule has 0 saturated carbocycles. The van der Waals surface area contributed by atoms with Gasteiger partial charge in [0, 0.05) is 22.0 Å². The maximum atomic E-state index is 13.4. The third kappa shape index (κ3) is 6.94. The summed E-state index contributed by atoms with van der Waals surface area (Å²) in [7, 11) is 0. The van der Waals surface area contributed by atoms with E-state index in [-0.39, 0.29) is 5.91 Å². The number of anilines is 3. The number of benzene rings is 4. The summed E-state index contributed by atoms with van der Waals surface area (Å²) in [4.78, 5) is 14.4. The molecular weight excluding hydrogens is 470 g/mol. The van der Waals surface area contributed by atoms with Gasteiger partial charge in [0.05, 0.1) is 0 Å². The van der Waals surface area contributed by atoms with E-state index in [1.165, 1.54) is 17.3 Å². The second-order valence-corrected chi connectivity index (χ2v) is 9.77. The zero-order chi connectivity index (χ0) is 24.6. The van der Waals surface area contributed by atoms with Gasteiger partial charge in [0.2, 0.25) is 5.91 Å². The lowest BCUT2D eigenvalue weighted by Gasteiger charge is -2.18. The highest BCUT2D eigenvalue weighted by molar-refractivity contribution is 8.00. The fourth-order valence-electron chi connectivity index (χ4n) is 3.62. The molecule has 1 atom stereocenters. The maximum Gasteiger partial charge on any atom is 0.242 e. The first-order valence-electron chi connectivity index (χ1n) is 11.3. The quantitative estimate of drug-likeness (QED) is 0.181. The van der Waals surface area contributed by atoms with Gasteiger partial charge in [-0.3, -0.25) is 4.79 Å². The van der Waals surface area contributed by atoms with Crippen LogP contribution in [0.5, 0.6) is 0 Å². The van der Waals surface area contributed by atoms with Crippen LogP contribution in [0.25, 0.3) is 0 Å². The molecule has 1 amide bonds. The van der Waals surface area contributed by atoms with Crippen molar-refractivity contribution >= 4 is 52.1 Å². The van der Waals surface area contributed by atoms with Gasteiger partial charge in [-0.15, -0.1) is 11.8 Å². The summed E-state index contributed by atoms with van der Waals surface area (Å²) in [6, 6.07) is 33.6. The summed E-state index contributed by atoms with van der Waals surface area (Å²) in [5, 5.41) is 9.61. The van der Waals surface area contributed by atoms with E-state index < -0.39 is 5.25 Å². The van der Waals surface area contributed by atoms with E-state index in [1.807, 2.05) is 111 Å². The third-order valence-electron chi connectivity index (χ3n) is 5.38. The standard InChI is InChI=1S/C29H27N3OS2/c1-20-13-18-26(21(2)19-20)32-28(33)27(22-9-5-3-6-10-22)35-25-16-14-24(15-17-25)31-29(34)30-23-11-7-4-8-12-23/h3-19,27H,1-2H3,(H,32,33)(H2,30,31,34)/t27-/m0/s1. The molecule has 0 aliphatic rings. The lowest BCUT2D eigenvalue weighted by atomic mass is 10.1. The molecule has 4 nitrogen and oxygen atoms in total. The molecule has 6 heteroatoms. The van der Waals surface area contributed by atoms with Crippen LogP contribution in [0.4, 0.5) is 17.1 Å². The van der Waals surface area contributed by atoms with Crippen LogP contribution in [0.3, 0.4) is 0 Å². The van der Waals surface area contributed by atoms with E-state index in [2.05, 4.69) is 22.0 Å². The van der Waals surface area contributed by atoms with Crippen LogP contribution in [-0.4, -0.2) is 11.0 Å². The first kappa shape index (κ1) is 24.5. The van der Waals surface area contributed by atoms with Gasteiger partial charge in [-0.2, -0.15) is 0 Å². The Morgan fingerprint density at radius 2 is 1.34 bits per heavy atom. The highest BCUT2D eigenvalue weighted by Gasteiger charge is 2.22. The largest absolute Gasteiger partial charge is 0.332 e. The zero-order valence-electron chi connectivity index (χ0n) is 19.6. The Hall–Kier alpha value is -3.61. The number of thiocarbonyl (C=S) groups is 1. The Kier molecular flexibility index (Phi) is 8.19. The number of amides is 1. The second-order valence-electron chi connectivity index (χ2n) is 8.19. The Labute approximate surface area is 216 Å². The van der Waals surface area contributed by atoms with Gasteiger partial charge in [0.15, 0.2) is 5.11 Å². The van der Waals surface area contributed by atoms with Crippen molar-refractivity contribution in [2.24, 2.45) is 0 Å². The molecule has 0 saturated heterocycles. The average Bonchev–Trinajstić information content (AvgIpc) is 2.86. The summed E-state index contributed by atoms with van der Waals surface area (Å²) >= 11 is 6.94. The van der Waals surface area contributed by atoms with Gasteiger partial charge in [-0.1, -0.05) is 66.2 Å². The summed E-state index contributed by atoms with van der Waals surface area (Å²) in [5.41, 5.74) is 5.81. The topological polar surface area (TPSA) is 53.2 Å². The number of thioether (sulfide) groups is 1. The highest BCUT2D eigenvalue weighted by Crippen LogP contribution is 2.37. The number of hydrogen-bond acceptors (Lipinski definition) is 3. The average molecular weight is 498 g/mol. The van der Waals surface area contributed by atoms with Crippen LogP contribution >= 0.6 is 24.0 Å². The van der Waals surface area contributed by atoms with Gasteiger partial charge in [0.25, 0.3) is 0 Å². The number of carbonyl (C=O) groups excluding carboxylic acids is 1. The van der Waals surface area contributed by atoms with E-state index in [9.17, 15) is 4.79 Å². The van der Waals surface area contributed by atoms with Gasteiger partial charge in [0.1, 0.15) is 5.25 Å². The maximum absolute atomic E-state index is 13.4. The van der Waals surface area contributed by atoms with Crippen molar-refractivity contribution in [2.45, 2.75) is 24.0 Å². The predicted octanol–water partition coefficient (Wildman–Crippen LogP) is 7.58. The number of nitrogens with one attached hydrogen (secondary N) is 3. The number of rotatable bonds is 7. The molecule has 176 valence electrons. The molecule has 0 heterocycles. The number of aryl methyl sites for hydroxylation is 2. The van der Waals surface area contributed by atoms with Crippen molar-refractivity contribution in [3.05, 3.63) is 120 Å². The smallest absolute Gasteiger partial charge is 0.242 e. The molecule has 0 fully saturated rings. The predicted molar refractivity (Wildman–Crippen MR) is 152 cm³/mol. The molecule has 4 aromatic carbocycles. The lowest BCUT2D eigenvalue weighted by Crippen LogP contribution is -2.19. The minimum absolute atomic E-state index is 0.0522. The summed E-state index contributed by atoms with van der Waals surface area (Å²) in [6.45, 7) is 4.06. The van der Waals surface area contributed by atoms with E-state index in [0.717, 1.165) is 33.1 Å². The van der Waals surface area contributed by atoms with Crippen LogP contribution in [0, 0.1) is 13.8 Å². The molecule has 0 spiro atoms. The van der Waals surface area contributed by atoms with Crippen LogP contribution in [0.15, 0.2) is 108 Å². The molecule has 0 unspecified atom stereocenters. The van der Waals surface area contributed by atoms with Crippen molar-refractivity contribution in [2.75, 3.05) is 16.0 Å². The monoisotopic (exact) mass is 497 g/mol. The van der Waals surface area contributed by atoms with Crippen molar-refractivity contribution in [3.8, 4) is 0 Å². The summed E-state index contributed by atoms with van der Waals surface area (Å²) in [5.74, 6) is -0.0522. The van der Waals surface area contributed by atoms with Crippen LogP contribution in [-0.2, 0) is 4.79 Å². The molecule has 4 aromatic rings. The van der Waals surface area contributed by atoms with Crippen molar-refractivity contribution in [1.29, 1.82) is 0 Å². The third-order valence-corrected chi connectivity index (χ3v) is 6.85. The Morgan fingerprint density at radius 3 is 1.97 bits per heavy atom. The molecule has 0 aliphatic carbocycles. The van der Waals surface area contributed by atoms with E-state index in [1.54, 1.807) is 0 Å². The fraction of sp³-hybridized carbons (Fsp3) is 0.103. The molecule has 35 heavy (non-hydrogen) atoms. The van der Waals surface area contributed by atoms with Gasteiger partial charge in [-0.25, -0.2) is 0 Å². The molecule has 0 aromatic heterocycles. The first-order valence-corrected chi connectivity index (χ1v) is 12.6. The molecule has 0 bridgehead atoms. The molecule has 0 radical (unpaired) electrons. The fourth-order valence-corrected chi connectivity index (χ4v) is 4.88. The Bertz CT molecular complexity index is 1290. The van der Waals surface area contributed by atoms with Gasteiger partial charge >= 0.3 is 0 Å². The number of carbonyl (C=O) groups is 1. The number of hydrogen-bond donors (Lipinski definition) is 3. The van der Waals surface area contributed by atoms with Crippen LogP contribution in [0.1, 0.15) is 21.9 Å². The number of para-hydroxylation sites is 1. The SMILES string of the molecule is Cc1ccc(NC(=O)[C@@H](Sc2ccc(NC(=S)Nc3ccccc3)cc2)c2ccccc2)c(C)c1. The van der Waals surface area contributed by atoms with Gasteiger partial charge < -0.3 is 16.0 Å². The first-order chi connectivity index (χ1) is 17.0. The van der Waals surface area contributed by atoms with Crippen molar-refractivity contribution in [1.82, 2.24) is 0 Å². The molecule has 3 N–H and O–H groups in total. The van der Waals surface area contributed by atoms with Crippen LogP contribution in [0.2, 0.25) is 0 Å². The minimum atomic E-state index is -0.392. The van der Waals surface area contributed by atoms with Crippen molar-refractivity contribution in [3.63, 3.8) is 0 Å². The highest BCUT2D eigenvalue weighted by atomic mass is 32.2. The lowest BCUT2D eigenvalue weighted by molar-refractivity contribution is -0.115. The van der Waals surface area contributed by atoms with E-state index >= 15 is 0 Å². The molecular formula is C29H27N3OS2. The zero-order valence-corrected chi connectivity index (χ0v) is 21.3. The summed E-state index contributed by atoms with van der Waals surface area (Å²) in [6.07, 6.45) is 0. The minimum Gasteiger partial charge on any atom is -0.332 e.